The van der Waals surface area contributed by atoms with Crippen molar-refractivity contribution in [1.29, 1.82) is 0 Å². The van der Waals surface area contributed by atoms with Crippen LogP contribution >= 0.6 is 11.6 Å². The van der Waals surface area contributed by atoms with E-state index >= 15 is 0 Å². The van der Waals surface area contributed by atoms with E-state index in [4.69, 9.17) is 21.1 Å². The molecular weight excluding hydrogens is 796 g/mol. The Hall–Kier alpha value is -4.81. The highest BCUT2D eigenvalue weighted by molar-refractivity contribution is 7.90. The summed E-state index contributed by atoms with van der Waals surface area (Å²) in [4.78, 5) is 26.1. The molecule has 0 saturated carbocycles. The number of carbonyl (C=O) groups is 2. The van der Waals surface area contributed by atoms with Crippen LogP contribution in [0, 0.1) is 0 Å². The van der Waals surface area contributed by atoms with Crippen molar-refractivity contribution in [3.05, 3.63) is 70.0 Å². The van der Waals surface area contributed by atoms with Crippen molar-refractivity contribution in [2.24, 2.45) is 0 Å². The Morgan fingerprint density at radius 3 is 1.84 bits per heavy atom. The number of sulfonamides is 2. The number of nitrogens with zero attached hydrogens (tertiary/aromatic N) is 4. The van der Waals surface area contributed by atoms with Crippen LogP contribution in [0.3, 0.4) is 0 Å². The maximum Gasteiger partial charge on any atom is 0.333 e. The van der Waals surface area contributed by atoms with E-state index < -0.39 is 38.2 Å². The Kier molecular flexibility index (Phi) is 12.2. The molecule has 2 aromatic heterocycles. The van der Waals surface area contributed by atoms with E-state index in [1.807, 2.05) is 66.7 Å². The van der Waals surface area contributed by atoms with Crippen LogP contribution < -0.4 is 29.6 Å². The monoisotopic (exact) mass is 844 g/mol. The third-order valence-corrected chi connectivity index (χ3v) is 12.9. The van der Waals surface area contributed by atoms with Gasteiger partial charge < -0.3 is 20.1 Å². The predicted octanol–water partition coefficient (Wildman–Crippen LogP) is 7.25. The average Bonchev–Trinajstić information content (AvgIpc) is 3.77. The first kappa shape index (κ1) is 41.8. The van der Waals surface area contributed by atoms with Crippen molar-refractivity contribution in [1.82, 2.24) is 29.0 Å². The maximum atomic E-state index is 13.7. The molecular formula is C38H49ClN8O8S2. The first-order chi connectivity index (χ1) is 26.9. The second-order valence-electron chi connectivity index (χ2n) is 15.3. The standard InChI is InChI=1S/C38H49ClN8O8S2/c1-21(2)27-10-8-11-28(22(3)4)33(27)42-37(48)45-57(52,53)32-20-41-47-14-12-26(55-36(32)47)16-24(7)30-18-25(39)17-29(23(5)6)34(30)43-38(49)44-56(50,51)31-19-40-46-13-9-15-54-35(31)46/h8,10-11,17-24,26H,9,12-16H2,1-7H3,(H2,42,45,48)(H2,43,44,49). The van der Waals surface area contributed by atoms with Gasteiger partial charge >= 0.3 is 12.1 Å². The lowest BCUT2D eigenvalue weighted by molar-refractivity contribution is 0.115. The number of aryl methyl sites for hydroxylation is 2. The largest absolute Gasteiger partial charge is 0.477 e. The van der Waals surface area contributed by atoms with E-state index in [2.05, 4.69) is 30.3 Å². The number of halogens is 1. The lowest BCUT2D eigenvalue weighted by Gasteiger charge is -2.29. The van der Waals surface area contributed by atoms with E-state index in [0.717, 1.165) is 23.5 Å². The molecule has 0 radical (unpaired) electrons. The summed E-state index contributed by atoms with van der Waals surface area (Å²) in [6, 6.07) is 7.25. The number of nitrogens with one attached hydrogen (secondary N) is 4. The maximum absolute atomic E-state index is 13.7. The van der Waals surface area contributed by atoms with Crippen LogP contribution in [0.15, 0.2) is 52.5 Å². The molecule has 0 spiro atoms. The number of ether oxygens (including phenoxy) is 2. The zero-order valence-electron chi connectivity index (χ0n) is 32.9. The van der Waals surface area contributed by atoms with Crippen LogP contribution in [0.1, 0.15) is 114 Å². The number of hydrogen-bond donors (Lipinski definition) is 4. The fraction of sp³-hybridized carbons (Fsp3) is 0.474. The topological polar surface area (TPSA) is 205 Å². The molecule has 2 aliphatic rings. The first-order valence-corrected chi connectivity index (χ1v) is 22.3. The second-order valence-corrected chi connectivity index (χ2v) is 19.0. The van der Waals surface area contributed by atoms with Gasteiger partial charge in [-0.2, -0.15) is 10.2 Å². The van der Waals surface area contributed by atoms with Crippen LogP contribution in [-0.4, -0.2) is 61.2 Å². The van der Waals surface area contributed by atoms with E-state index in [9.17, 15) is 26.4 Å². The van der Waals surface area contributed by atoms with E-state index in [-0.39, 0.29) is 45.2 Å². The quantitative estimate of drug-likeness (QED) is 0.112. The molecule has 2 unspecified atom stereocenters. The summed E-state index contributed by atoms with van der Waals surface area (Å²) < 4.78 is 72.8. The van der Waals surface area contributed by atoms with E-state index in [1.165, 1.54) is 9.36 Å². The van der Waals surface area contributed by atoms with Gasteiger partial charge in [-0.15, -0.1) is 0 Å². The lowest BCUT2D eigenvalue weighted by atomic mass is 9.88. The van der Waals surface area contributed by atoms with Gasteiger partial charge in [-0.3, -0.25) is 0 Å². The minimum atomic E-state index is -4.43. The molecule has 19 heteroatoms. The van der Waals surface area contributed by atoms with Crippen LogP contribution in [0.5, 0.6) is 11.8 Å². The molecule has 4 N–H and O–H groups in total. The summed E-state index contributed by atoms with van der Waals surface area (Å²) in [5.41, 5.74) is 4.02. The number of fused-ring (bicyclic) bond motifs is 2. The van der Waals surface area contributed by atoms with Gasteiger partial charge in [0, 0.05) is 42.3 Å². The Bertz CT molecular complexity index is 2370. The molecule has 2 aromatic carbocycles. The van der Waals surface area contributed by atoms with Crippen LogP contribution in [0.25, 0.3) is 0 Å². The number of rotatable bonds is 12. The van der Waals surface area contributed by atoms with Crippen molar-refractivity contribution >= 4 is 55.1 Å². The predicted molar refractivity (Wildman–Crippen MR) is 215 cm³/mol. The van der Waals surface area contributed by atoms with Crippen molar-refractivity contribution < 1.29 is 35.9 Å². The number of carbonyl (C=O) groups excluding carboxylic acids is 2. The van der Waals surface area contributed by atoms with Gasteiger partial charge in [-0.05, 0) is 64.5 Å². The summed E-state index contributed by atoms with van der Waals surface area (Å²) in [5.74, 6) is -0.239. The fourth-order valence-corrected chi connectivity index (χ4v) is 9.38. The highest BCUT2D eigenvalue weighted by atomic mass is 35.5. The number of amides is 4. The van der Waals surface area contributed by atoms with Gasteiger partial charge in [0.25, 0.3) is 20.0 Å². The SMILES string of the molecule is CC(C)c1cccc(C(C)C)c1NC(=O)NS(=O)(=O)c1cnn2c1OC(CC(C)c1cc(Cl)cc(C(C)C)c1NC(=O)NS(=O)(=O)c1cnn3c1OCCC3)CC2. The van der Waals surface area contributed by atoms with Crippen LogP contribution in [0.4, 0.5) is 21.0 Å². The smallest absolute Gasteiger partial charge is 0.333 e. The van der Waals surface area contributed by atoms with Crippen molar-refractivity contribution in [2.75, 3.05) is 17.2 Å². The van der Waals surface area contributed by atoms with Gasteiger partial charge in [0.1, 0.15) is 6.10 Å². The van der Waals surface area contributed by atoms with E-state index in [0.29, 0.717) is 66.5 Å². The van der Waals surface area contributed by atoms with E-state index in [1.54, 1.807) is 12.1 Å². The van der Waals surface area contributed by atoms with Crippen LogP contribution in [0.2, 0.25) is 5.02 Å². The number of hydrogen-bond acceptors (Lipinski definition) is 10. The minimum absolute atomic E-state index is 0.00701. The Morgan fingerprint density at radius 1 is 0.772 bits per heavy atom. The number of benzene rings is 2. The molecule has 57 heavy (non-hydrogen) atoms. The highest BCUT2D eigenvalue weighted by Gasteiger charge is 2.34. The van der Waals surface area contributed by atoms with Gasteiger partial charge in [0.05, 0.1) is 19.0 Å². The number of anilines is 2. The molecule has 0 saturated heterocycles. The molecule has 16 nitrogen and oxygen atoms in total. The Balaban J connectivity index is 1.19. The molecule has 308 valence electrons. The summed E-state index contributed by atoms with van der Waals surface area (Å²) in [6.07, 6.45) is 3.32. The first-order valence-electron chi connectivity index (χ1n) is 18.9. The average molecular weight is 845 g/mol. The molecule has 4 heterocycles. The van der Waals surface area contributed by atoms with Crippen molar-refractivity contribution in [2.45, 2.75) is 120 Å². The molecule has 4 amide bonds. The fourth-order valence-electron chi connectivity index (χ4n) is 7.18. The number of para-hydroxylation sites is 1. The summed E-state index contributed by atoms with van der Waals surface area (Å²) in [7, 11) is -8.78. The van der Waals surface area contributed by atoms with Gasteiger partial charge in [-0.25, -0.2) is 45.2 Å². The molecule has 2 aliphatic heterocycles. The van der Waals surface area contributed by atoms with Crippen molar-refractivity contribution in [3.8, 4) is 11.8 Å². The highest BCUT2D eigenvalue weighted by Crippen LogP contribution is 2.40. The molecule has 6 rings (SSSR count). The van der Waals surface area contributed by atoms with Gasteiger partial charge in [0.2, 0.25) is 11.8 Å². The molecule has 2 atom stereocenters. The summed E-state index contributed by atoms with van der Waals surface area (Å²) in [6.45, 7) is 14.9. The normalized spacial score (nSPS) is 16.0. The van der Waals surface area contributed by atoms with Gasteiger partial charge in [-0.1, -0.05) is 78.3 Å². The number of urea groups is 2. The minimum Gasteiger partial charge on any atom is -0.477 e. The summed E-state index contributed by atoms with van der Waals surface area (Å²) >= 11 is 6.60. The molecule has 0 fully saturated rings. The zero-order chi connectivity index (χ0) is 41.4. The molecule has 0 bridgehead atoms. The molecule has 0 aliphatic carbocycles. The Morgan fingerprint density at radius 2 is 1.28 bits per heavy atom. The third kappa shape index (κ3) is 9.02. The summed E-state index contributed by atoms with van der Waals surface area (Å²) in [5, 5.41) is 14.3. The third-order valence-electron chi connectivity index (χ3n) is 10.0. The Labute approximate surface area is 338 Å². The zero-order valence-corrected chi connectivity index (χ0v) is 35.3. The number of aromatic nitrogens is 4. The van der Waals surface area contributed by atoms with Crippen molar-refractivity contribution in [3.63, 3.8) is 0 Å². The van der Waals surface area contributed by atoms with Gasteiger partial charge in [0.15, 0.2) is 9.79 Å². The second kappa shape index (κ2) is 16.6. The lowest BCUT2D eigenvalue weighted by Crippen LogP contribution is -2.36. The molecule has 4 aromatic rings. The van der Waals surface area contributed by atoms with Crippen LogP contribution in [-0.2, 0) is 33.1 Å².